The maximum atomic E-state index is 12.9. The zero-order valence-electron chi connectivity index (χ0n) is 15.0. The van der Waals surface area contributed by atoms with E-state index in [-0.39, 0.29) is 5.82 Å². The third-order valence-electron chi connectivity index (χ3n) is 4.27. The summed E-state index contributed by atoms with van der Waals surface area (Å²) >= 11 is 0. The summed E-state index contributed by atoms with van der Waals surface area (Å²) in [6, 6.07) is 10.5. The SMILES string of the molecule is CN=C(NCCc1ccc(F)cc1)NCc1ccnc(OCC2CC2)c1. The number of ether oxygens (including phenoxy) is 1. The minimum atomic E-state index is -0.211. The van der Waals surface area contributed by atoms with Crippen molar-refractivity contribution in [3.63, 3.8) is 0 Å². The summed E-state index contributed by atoms with van der Waals surface area (Å²) in [5.41, 5.74) is 2.17. The number of hydrogen-bond acceptors (Lipinski definition) is 3. The van der Waals surface area contributed by atoms with Crippen molar-refractivity contribution < 1.29 is 9.13 Å². The molecular formula is C20H25FN4O. The van der Waals surface area contributed by atoms with Gasteiger partial charge in [-0.05, 0) is 54.5 Å². The van der Waals surface area contributed by atoms with Gasteiger partial charge in [0.1, 0.15) is 5.82 Å². The first-order valence-electron chi connectivity index (χ1n) is 8.99. The number of aromatic nitrogens is 1. The summed E-state index contributed by atoms with van der Waals surface area (Å²) in [5, 5.41) is 6.55. The molecule has 1 aliphatic carbocycles. The summed E-state index contributed by atoms with van der Waals surface area (Å²) < 4.78 is 18.6. The minimum Gasteiger partial charge on any atom is -0.477 e. The highest BCUT2D eigenvalue weighted by Crippen LogP contribution is 2.29. The Labute approximate surface area is 153 Å². The minimum absolute atomic E-state index is 0.211. The Morgan fingerprint density at radius 2 is 2.00 bits per heavy atom. The summed E-state index contributed by atoms with van der Waals surface area (Å²) in [6.45, 7) is 2.12. The molecule has 0 atom stereocenters. The average molecular weight is 356 g/mol. The molecule has 1 fully saturated rings. The fourth-order valence-corrected chi connectivity index (χ4v) is 2.51. The fraction of sp³-hybridized carbons (Fsp3) is 0.400. The predicted molar refractivity (Wildman–Crippen MR) is 101 cm³/mol. The zero-order chi connectivity index (χ0) is 18.2. The Kier molecular flexibility index (Phi) is 6.41. The van der Waals surface area contributed by atoms with E-state index in [2.05, 4.69) is 20.6 Å². The number of hydrogen-bond donors (Lipinski definition) is 2. The molecule has 0 saturated heterocycles. The van der Waals surface area contributed by atoms with Crippen molar-refractivity contribution >= 4 is 5.96 Å². The molecule has 0 aliphatic heterocycles. The summed E-state index contributed by atoms with van der Waals surface area (Å²) in [6.07, 6.45) is 5.10. The van der Waals surface area contributed by atoms with Crippen LogP contribution >= 0.6 is 0 Å². The van der Waals surface area contributed by atoms with Gasteiger partial charge in [-0.25, -0.2) is 9.37 Å². The molecule has 0 radical (unpaired) electrons. The second-order valence-electron chi connectivity index (χ2n) is 6.49. The predicted octanol–water partition coefficient (Wildman–Crippen LogP) is 2.92. The Morgan fingerprint density at radius 1 is 1.19 bits per heavy atom. The first-order valence-corrected chi connectivity index (χ1v) is 8.99. The molecular weight excluding hydrogens is 331 g/mol. The van der Waals surface area contributed by atoms with Crippen LogP contribution in [0.4, 0.5) is 4.39 Å². The van der Waals surface area contributed by atoms with Crippen LogP contribution in [0.5, 0.6) is 5.88 Å². The number of nitrogens with one attached hydrogen (secondary N) is 2. The molecule has 1 aromatic carbocycles. The van der Waals surface area contributed by atoms with Crippen LogP contribution in [-0.2, 0) is 13.0 Å². The highest BCUT2D eigenvalue weighted by atomic mass is 19.1. The topological polar surface area (TPSA) is 58.5 Å². The summed E-state index contributed by atoms with van der Waals surface area (Å²) in [4.78, 5) is 8.48. The van der Waals surface area contributed by atoms with Gasteiger partial charge in [-0.15, -0.1) is 0 Å². The third kappa shape index (κ3) is 6.02. The van der Waals surface area contributed by atoms with E-state index in [9.17, 15) is 4.39 Å². The van der Waals surface area contributed by atoms with Crippen LogP contribution in [0.2, 0.25) is 0 Å². The van der Waals surface area contributed by atoms with Crippen LogP contribution < -0.4 is 15.4 Å². The lowest BCUT2D eigenvalue weighted by Gasteiger charge is -2.12. The molecule has 0 spiro atoms. The second-order valence-corrected chi connectivity index (χ2v) is 6.49. The molecule has 0 unspecified atom stereocenters. The number of aliphatic imine (C=N–C) groups is 1. The van der Waals surface area contributed by atoms with Gasteiger partial charge < -0.3 is 15.4 Å². The van der Waals surface area contributed by atoms with E-state index in [1.165, 1.54) is 25.0 Å². The molecule has 1 saturated carbocycles. The maximum Gasteiger partial charge on any atom is 0.213 e. The molecule has 0 amide bonds. The van der Waals surface area contributed by atoms with Crippen molar-refractivity contribution in [2.24, 2.45) is 10.9 Å². The van der Waals surface area contributed by atoms with Gasteiger partial charge in [-0.2, -0.15) is 0 Å². The number of nitrogens with zero attached hydrogens (tertiary/aromatic N) is 2. The smallest absolute Gasteiger partial charge is 0.213 e. The van der Waals surface area contributed by atoms with Gasteiger partial charge in [0.15, 0.2) is 5.96 Å². The standard InChI is InChI=1S/C20H25FN4O/c1-22-20(24-11-8-15-4-6-18(21)7-5-15)25-13-17-9-10-23-19(12-17)26-14-16-2-3-16/h4-7,9-10,12,16H,2-3,8,11,13-14H2,1H3,(H2,22,24,25). The van der Waals surface area contributed by atoms with Crippen LogP contribution in [0.3, 0.4) is 0 Å². The third-order valence-corrected chi connectivity index (χ3v) is 4.27. The molecule has 26 heavy (non-hydrogen) atoms. The number of benzene rings is 1. The van der Waals surface area contributed by atoms with Crippen LogP contribution in [0.25, 0.3) is 0 Å². The molecule has 3 rings (SSSR count). The fourth-order valence-electron chi connectivity index (χ4n) is 2.51. The van der Waals surface area contributed by atoms with E-state index in [1.54, 1.807) is 25.4 Å². The van der Waals surface area contributed by atoms with E-state index in [0.717, 1.165) is 36.7 Å². The number of halogens is 1. The van der Waals surface area contributed by atoms with Gasteiger partial charge in [-0.3, -0.25) is 4.99 Å². The lowest BCUT2D eigenvalue weighted by atomic mass is 10.1. The highest BCUT2D eigenvalue weighted by Gasteiger charge is 2.22. The van der Waals surface area contributed by atoms with Gasteiger partial charge in [-0.1, -0.05) is 12.1 Å². The highest BCUT2D eigenvalue weighted by molar-refractivity contribution is 5.79. The van der Waals surface area contributed by atoms with Crippen LogP contribution in [0, 0.1) is 11.7 Å². The van der Waals surface area contributed by atoms with E-state index in [4.69, 9.17) is 4.74 Å². The number of rotatable bonds is 8. The summed E-state index contributed by atoms with van der Waals surface area (Å²) in [5.74, 6) is 1.90. The molecule has 0 bridgehead atoms. The second kappa shape index (κ2) is 9.17. The Hall–Kier alpha value is -2.63. The van der Waals surface area contributed by atoms with Crippen LogP contribution in [0.15, 0.2) is 47.6 Å². The monoisotopic (exact) mass is 356 g/mol. The first kappa shape index (κ1) is 18.2. The number of pyridine rings is 1. The van der Waals surface area contributed by atoms with Crippen molar-refractivity contribution in [2.45, 2.75) is 25.8 Å². The van der Waals surface area contributed by atoms with E-state index in [1.807, 2.05) is 12.1 Å². The zero-order valence-corrected chi connectivity index (χ0v) is 15.0. The van der Waals surface area contributed by atoms with Gasteiger partial charge in [0.25, 0.3) is 0 Å². The molecule has 1 heterocycles. The average Bonchev–Trinajstić information content (AvgIpc) is 3.49. The van der Waals surface area contributed by atoms with E-state index in [0.29, 0.717) is 18.3 Å². The first-order chi connectivity index (χ1) is 12.7. The Morgan fingerprint density at radius 3 is 2.73 bits per heavy atom. The number of guanidine groups is 1. The molecule has 6 heteroatoms. The Balaban J connectivity index is 1.41. The largest absolute Gasteiger partial charge is 0.477 e. The van der Waals surface area contributed by atoms with Crippen molar-refractivity contribution in [1.29, 1.82) is 0 Å². The van der Waals surface area contributed by atoms with Crippen molar-refractivity contribution in [2.75, 3.05) is 20.2 Å². The van der Waals surface area contributed by atoms with Crippen molar-refractivity contribution in [3.05, 3.63) is 59.5 Å². The molecule has 1 aromatic heterocycles. The van der Waals surface area contributed by atoms with Gasteiger partial charge in [0.05, 0.1) is 6.61 Å². The van der Waals surface area contributed by atoms with Gasteiger partial charge in [0, 0.05) is 32.4 Å². The summed E-state index contributed by atoms with van der Waals surface area (Å²) in [7, 11) is 1.74. The lowest BCUT2D eigenvalue weighted by Crippen LogP contribution is -2.37. The van der Waals surface area contributed by atoms with E-state index >= 15 is 0 Å². The Bertz CT molecular complexity index is 729. The van der Waals surface area contributed by atoms with Gasteiger partial charge in [0.2, 0.25) is 5.88 Å². The van der Waals surface area contributed by atoms with Gasteiger partial charge >= 0.3 is 0 Å². The molecule has 1 aliphatic rings. The van der Waals surface area contributed by atoms with Crippen molar-refractivity contribution in [1.82, 2.24) is 15.6 Å². The van der Waals surface area contributed by atoms with Crippen molar-refractivity contribution in [3.8, 4) is 5.88 Å². The lowest BCUT2D eigenvalue weighted by molar-refractivity contribution is 0.288. The normalized spacial score (nSPS) is 14.2. The maximum absolute atomic E-state index is 12.9. The van der Waals surface area contributed by atoms with Crippen LogP contribution in [0.1, 0.15) is 24.0 Å². The van der Waals surface area contributed by atoms with E-state index < -0.39 is 0 Å². The molecule has 5 nitrogen and oxygen atoms in total. The molecule has 2 N–H and O–H groups in total. The van der Waals surface area contributed by atoms with Crippen LogP contribution in [-0.4, -0.2) is 31.1 Å². The molecule has 138 valence electrons. The quantitative estimate of drug-likeness (QED) is 0.564. The molecule has 2 aromatic rings.